The average molecular weight is 268 g/mol. The molecule has 1 aliphatic heterocycles. The molecule has 0 saturated heterocycles. The number of hydrogen-bond acceptors (Lipinski definition) is 3. The van der Waals surface area contributed by atoms with Crippen LogP contribution in [0.1, 0.15) is 21.5 Å². The minimum Gasteiger partial charge on any atom is -0.507 e. The molecule has 20 heavy (non-hydrogen) atoms. The van der Waals surface area contributed by atoms with Gasteiger partial charge in [0.1, 0.15) is 12.3 Å². The number of fused-ring (bicyclic) bond motifs is 1. The van der Waals surface area contributed by atoms with Crippen molar-refractivity contribution in [1.82, 2.24) is 5.43 Å². The minimum atomic E-state index is -0.390. The second kappa shape index (κ2) is 4.70. The van der Waals surface area contributed by atoms with Gasteiger partial charge in [0.2, 0.25) is 0 Å². The third kappa shape index (κ3) is 1.99. The van der Waals surface area contributed by atoms with Crippen molar-refractivity contribution < 1.29 is 14.6 Å². The standard InChI is InChI=1S/C15H13N3O2/c16-14-11-6-2-1-5-10(11)9-18(14)17-15(20)12-7-3-4-8-13(12)19/h1-8,16H,9H2,(H2,17,19,20)/p+1. The topological polar surface area (TPSA) is 78.4 Å². The van der Waals surface area contributed by atoms with Crippen LogP contribution in [0.15, 0.2) is 48.5 Å². The second-order valence-corrected chi connectivity index (χ2v) is 4.59. The van der Waals surface area contributed by atoms with Crippen molar-refractivity contribution >= 4 is 11.7 Å². The second-order valence-electron chi connectivity index (χ2n) is 4.59. The van der Waals surface area contributed by atoms with Gasteiger partial charge in [-0.05, 0) is 18.2 Å². The Morgan fingerprint density at radius 1 is 1.15 bits per heavy atom. The fourth-order valence-electron chi connectivity index (χ4n) is 2.26. The summed E-state index contributed by atoms with van der Waals surface area (Å²) in [6.45, 7) is 0.515. The van der Waals surface area contributed by atoms with Gasteiger partial charge in [0.25, 0.3) is 11.7 Å². The number of hydrogen-bond donors (Lipinski definition) is 3. The van der Waals surface area contributed by atoms with Crippen LogP contribution in [0.25, 0.3) is 0 Å². The predicted molar refractivity (Wildman–Crippen MR) is 74.3 cm³/mol. The van der Waals surface area contributed by atoms with E-state index in [1.54, 1.807) is 22.9 Å². The monoisotopic (exact) mass is 268 g/mol. The summed E-state index contributed by atoms with van der Waals surface area (Å²) in [7, 11) is 0. The maximum Gasteiger partial charge on any atom is 0.299 e. The molecule has 4 N–H and O–H groups in total. The number of aromatic hydroxyl groups is 1. The highest BCUT2D eigenvalue weighted by molar-refractivity contribution is 5.99. The molecular formula is C15H14N3O2+. The zero-order chi connectivity index (χ0) is 14.1. The molecule has 0 spiro atoms. The number of carbonyl (C=O) groups is 1. The Hall–Kier alpha value is -2.82. The molecule has 0 aromatic heterocycles. The summed E-state index contributed by atoms with van der Waals surface area (Å²) in [6, 6.07) is 14.1. The molecule has 100 valence electrons. The Bertz CT molecular complexity index is 723. The highest BCUT2D eigenvalue weighted by Crippen LogP contribution is 2.17. The fraction of sp³-hybridized carbons (Fsp3) is 0.0667. The molecule has 2 aromatic rings. The number of hydrazone groups is 1. The maximum absolute atomic E-state index is 12.1. The quantitative estimate of drug-likeness (QED) is 0.710. The van der Waals surface area contributed by atoms with E-state index in [0.717, 1.165) is 11.1 Å². The number of rotatable bonds is 2. The van der Waals surface area contributed by atoms with Gasteiger partial charge in [-0.2, -0.15) is 10.1 Å². The molecule has 3 rings (SSSR count). The largest absolute Gasteiger partial charge is 0.507 e. The number of phenols is 1. The third-order valence-electron chi connectivity index (χ3n) is 3.30. The number of nitrogens with zero attached hydrogens (tertiary/aromatic N) is 1. The van der Waals surface area contributed by atoms with Gasteiger partial charge in [0, 0.05) is 5.56 Å². The summed E-state index contributed by atoms with van der Waals surface area (Å²) >= 11 is 0. The summed E-state index contributed by atoms with van der Waals surface area (Å²) in [5.41, 5.74) is 10.9. The lowest BCUT2D eigenvalue weighted by Gasteiger charge is -2.06. The van der Waals surface area contributed by atoms with Crippen molar-refractivity contribution in [3.05, 3.63) is 65.2 Å². The molecule has 0 saturated carbocycles. The summed E-state index contributed by atoms with van der Waals surface area (Å²) in [5.74, 6) is 0.0588. The molecule has 1 aliphatic rings. The highest BCUT2D eigenvalue weighted by atomic mass is 16.3. The van der Waals surface area contributed by atoms with E-state index in [1.807, 2.05) is 24.3 Å². The van der Waals surface area contributed by atoms with Crippen LogP contribution in [0, 0.1) is 0 Å². The number of hydrazine groups is 1. The lowest BCUT2D eigenvalue weighted by Crippen LogP contribution is -2.38. The van der Waals surface area contributed by atoms with Gasteiger partial charge in [0.15, 0.2) is 0 Å². The van der Waals surface area contributed by atoms with E-state index in [9.17, 15) is 9.90 Å². The summed E-state index contributed by atoms with van der Waals surface area (Å²) in [4.78, 5) is 12.1. The molecule has 0 radical (unpaired) electrons. The van der Waals surface area contributed by atoms with E-state index in [1.165, 1.54) is 6.07 Å². The van der Waals surface area contributed by atoms with Crippen LogP contribution < -0.4 is 11.2 Å². The Labute approximate surface area is 115 Å². The predicted octanol–water partition coefficient (Wildman–Crippen LogP) is 0.969. The molecule has 0 unspecified atom stereocenters. The molecule has 1 amide bonds. The van der Waals surface area contributed by atoms with Crippen LogP contribution in [0.4, 0.5) is 0 Å². The zero-order valence-electron chi connectivity index (χ0n) is 10.7. The number of carbonyl (C=O) groups excluding carboxylic acids is 1. The van der Waals surface area contributed by atoms with E-state index in [0.29, 0.717) is 12.4 Å². The van der Waals surface area contributed by atoms with Gasteiger partial charge in [-0.15, -0.1) is 0 Å². The summed E-state index contributed by atoms with van der Waals surface area (Å²) in [5, 5.41) is 9.68. The highest BCUT2D eigenvalue weighted by Gasteiger charge is 2.26. The van der Waals surface area contributed by atoms with Gasteiger partial charge in [-0.25, -0.2) is 0 Å². The fourth-order valence-corrected chi connectivity index (χ4v) is 2.26. The molecule has 5 nitrogen and oxygen atoms in total. The number of para-hydroxylation sites is 1. The lowest BCUT2D eigenvalue weighted by molar-refractivity contribution is -0.584. The number of amides is 1. The Balaban J connectivity index is 1.86. The van der Waals surface area contributed by atoms with E-state index in [4.69, 9.17) is 5.73 Å². The smallest absolute Gasteiger partial charge is 0.299 e. The van der Waals surface area contributed by atoms with Crippen LogP contribution >= 0.6 is 0 Å². The number of nitrogens with two attached hydrogens (primary N) is 1. The van der Waals surface area contributed by atoms with Crippen LogP contribution in [-0.2, 0) is 6.54 Å². The molecule has 0 bridgehead atoms. The normalized spacial score (nSPS) is 13.2. The molecule has 0 fully saturated rings. The Kier molecular flexibility index (Phi) is 2.87. The van der Waals surface area contributed by atoms with Crippen molar-refractivity contribution in [2.75, 3.05) is 0 Å². The molecule has 2 aromatic carbocycles. The van der Waals surface area contributed by atoms with Crippen molar-refractivity contribution in [3.8, 4) is 5.75 Å². The van der Waals surface area contributed by atoms with Gasteiger partial charge in [-0.1, -0.05) is 30.3 Å². The zero-order valence-corrected chi connectivity index (χ0v) is 10.7. The van der Waals surface area contributed by atoms with Crippen molar-refractivity contribution in [3.63, 3.8) is 0 Å². The number of benzene rings is 2. The van der Waals surface area contributed by atoms with Crippen LogP contribution in [0.5, 0.6) is 5.75 Å². The Morgan fingerprint density at radius 2 is 1.85 bits per heavy atom. The van der Waals surface area contributed by atoms with Gasteiger partial charge in [-0.3, -0.25) is 10.5 Å². The average Bonchev–Trinajstić information content (AvgIpc) is 2.76. The van der Waals surface area contributed by atoms with E-state index in [2.05, 4.69) is 5.43 Å². The van der Waals surface area contributed by atoms with Crippen molar-refractivity contribution in [2.24, 2.45) is 5.73 Å². The number of phenolic OH excluding ortho intramolecular Hbond substituents is 1. The first-order valence-electron chi connectivity index (χ1n) is 6.24. The molecule has 5 heteroatoms. The maximum atomic E-state index is 12.1. The van der Waals surface area contributed by atoms with Crippen LogP contribution in [-0.4, -0.2) is 21.5 Å². The lowest BCUT2D eigenvalue weighted by atomic mass is 10.1. The summed E-state index contributed by atoms with van der Waals surface area (Å²) < 4.78 is 1.58. The number of nitrogens with one attached hydrogen (secondary N) is 1. The van der Waals surface area contributed by atoms with Crippen LogP contribution in [0.3, 0.4) is 0 Å². The molecule has 1 heterocycles. The first kappa shape index (κ1) is 12.2. The third-order valence-corrected chi connectivity index (χ3v) is 3.30. The first-order valence-corrected chi connectivity index (χ1v) is 6.24. The Morgan fingerprint density at radius 3 is 2.60 bits per heavy atom. The minimum absolute atomic E-state index is 0.0553. The SMILES string of the molecule is NC1=[N+](NC(=O)c2ccccc2O)Cc2ccccc21. The van der Waals surface area contributed by atoms with Gasteiger partial charge >= 0.3 is 0 Å². The van der Waals surface area contributed by atoms with E-state index >= 15 is 0 Å². The van der Waals surface area contributed by atoms with Gasteiger partial charge < -0.3 is 5.11 Å². The van der Waals surface area contributed by atoms with Gasteiger partial charge in [0.05, 0.1) is 11.1 Å². The van der Waals surface area contributed by atoms with Crippen LogP contribution in [0.2, 0.25) is 0 Å². The number of amidine groups is 1. The van der Waals surface area contributed by atoms with Crippen molar-refractivity contribution in [1.29, 1.82) is 0 Å². The van der Waals surface area contributed by atoms with E-state index < -0.39 is 0 Å². The summed E-state index contributed by atoms with van der Waals surface area (Å²) in [6.07, 6.45) is 0. The van der Waals surface area contributed by atoms with E-state index in [-0.39, 0.29) is 17.2 Å². The van der Waals surface area contributed by atoms with Crippen molar-refractivity contribution in [2.45, 2.75) is 6.54 Å². The first-order chi connectivity index (χ1) is 9.66. The molecule has 0 aliphatic carbocycles. The molecular weight excluding hydrogens is 254 g/mol. The molecule has 0 atom stereocenters.